The van der Waals surface area contributed by atoms with Gasteiger partial charge in [0.2, 0.25) is 0 Å². The number of nitrogens with zero attached hydrogens (tertiary/aromatic N) is 1. The summed E-state index contributed by atoms with van der Waals surface area (Å²) in [5.41, 5.74) is 0. The third kappa shape index (κ3) is 31.9. The van der Waals surface area contributed by atoms with E-state index in [0.29, 0.717) is 0 Å². The van der Waals surface area contributed by atoms with Gasteiger partial charge in [0.05, 0.1) is 0 Å². The van der Waals surface area contributed by atoms with Crippen LogP contribution in [-0.2, 0) is 17.1 Å². The zero-order valence-electron chi connectivity index (χ0n) is 6.13. The standard InChI is InChI=1S/C6H14.CN.Fe/c1-3-5-6-4-2;1-2;/h3-6H2,1-2H3;;/q;-1;. The van der Waals surface area contributed by atoms with E-state index < -0.39 is 0 Å². The normalized spacial score (nSPS) is 6.22. The third-order valence-corrected chi connectivity index (χ3v) is 0.957. The molecule has 0 spiro atoms. The summed E-state index contributed by atoms with van der Waals surface area (Å²) in [5.74, 6) is 0. The maximum absolute atomic E-state index is 6.25. The number of hydrogen-bond donors (Lipinski definition) is 0. The molecule has 0 aromatic heterocycles. The molecule has 0 aliphatic heterocycles. The maximum atomic E-state index is 6.25. The number of rotatable bonds is 3. The molecule has 0 rings (SSSR count). The fourth-order valence-corrected chi connectivity index (χ4v) is 0.500. The molecule has 0 saturated carbocycles. The molecule has 0 N–H and O–H groups in total. The van der Waals surface area contributed by atoms with Crippen LogP contribution in [-0.4, -0.2) is 0 Å². The fourth-order valence-electron chi connectivity index (χ4n) is 0.500. The summed E-state index contributed by atoms with van der Waals surface area (Å²) >= 11 is 0. The van der Waals surface area contributed by atoms with Gasteiger partial charge in [0.25, 0.3) is 0 Å². The van der Waals surface area contributed by atoms with Gasteiger partial charge in [0, 0.05) is 17.1 Å². The Morgan fingerprint density at radius 3 is 1.33 bits per heavy atom. The van der Waals surface area contributed by atoms with Crippen molar-refractivity contribution < 1.29 is 17.1 Å². The summed E-state index contributed by atoms with van der Waals surface area (Å²) in [6.45, 7) is 9.21. The SMILES string of the molecule is CCCCCC.[C-]#N.[Fe]. The Morgan fingerprint density at radius 1 is 1.00 bits per heavy atom. The predicted octanol–water partition coefficient (Wildman–Crippen LogP) is 2.68. The molecule has 0 aromatic carbocycles. The van der Waals surface area contributed by atoms with Crippen LogP contribution in [0.15, 0.2) is 0 Å². The summed E-state index contributed by atoms with van der Waals surface area (Å²) in [6.07, 6.45) is 5.54. The van der Waals surface area contributed by atoms with Crippen molar-refractivity contribution in [3.8, 4) is 0 Å². The summed E-state index contributed by atoms with van der Waals surface area (Å²) < 4.78 is 0. The molecular weight excluding hydrogens is 154 g/mol. The summed E-state index contributed by atoms with van der Waals surface area (Å²) in [5, 5.41) is 6.25. The molecule has 0 aliphatic carbocycles. The molecule has 0 unspecified atom stereocenters. The summed E-state index contributed by atoms with van der Waals surface area (Å²) in [6, 6.07) is 0. The van der Waals surface area contributed by atoms with Crippen molar-refractivity contribution in [2.75, 3.05) is 0 Å². The second kappa shape index (κ2) is 24.5. The van der Waals surface area contributed by atoms with Crippen molar-refractivity contribution in [2.45, 2.75) is 39.5 Å². The van der Waals surface area contributed by atoms with Crippen molar-refractivity contribution in [3.63, 3.8) is 0 Å². The van der Waals surface area contributed by atoms with Crippen LogP contribution in [0.5, 0.6) is 0 Å². The summed E-state index contributed by atoms with van der Waals surface area (Å²) in [4.78, 5) is 0. The van der Waals surface area contributed by atoms with E-state index in [0.717, 1.165) is 0 Å². The van der Waals surface area contributed by atoms with Gasteiger partial charge in [-0.1, -0.05) is 39.5 Å². The third-order valence-electron chi connectivity index (χ3n) is 0.957. The topological polar surface area (TPSA) is 23.8 Å². The molecule has 0 aliphatic rings. The van der Waals surface area contributed by atoms with E-state index in [2.05, 4.69) is 13.8 Å². The van der Waals surface area contributed by atoms with Crippen molar-refractivity contribution in [3.05, 3.63) is 6.57 Å². The Kier molecular flexibility index (Phi) is 43.5. The van der Waals surface area contributed by atoms with Gasteiger partial charge in [-0.2, -0.15) is 0 Å². The number of unbranched alkanes of at least 4 members (excludes halogenated alkanes) is 3. The first-order valence-corrected chi connectivity index (χ1v) is 3.14. The van der Waals surface area contributed by atoms with Crippen LogP contribution in [0.1, 0.15) is 39.5 Å². The first-order chi connectivity index (χ1) is 3.91. The van der Waals surface area contributed by atoms with E-state index in [1.807, 2.05) is 0 Å². The van der Waals surface area contributed by atoms with Gasteiger partial charge in [-0.3, -0.25) is 0 Å². The Labute approximate surface area is 68.9 Å². The molecule has 0 heterocycles. The number of hydrogen-bond acceptors (Lipinski definition) is 1. The van der Waals surface area contributed by atoms with Gasteiger partial charge >= 0.3 is 0 Å². The van der Waals surface area contributed by atoms with Crippen LogP contribution in [0.4, 0.5) is 0 Å². The Bertz CT molecular complexity index is 39.4. The van der Waals surface area contributed by atoms with Crippen LogP contribution in [0.2, 0.25) is 0 Å². The second-order valence-corrected chi connectivity index (χ2v) is 1.71. The second-order valence-electron chi connectivity index (χ2n) is 1.71. The smallest absolute Gasteiger partial charge is 0 e. The monoisotopic (exact) mass is 168 g/mol. The predicted molar refractivity (Wildman–Crippen MR) is 34.8 cm³/mol. The molecule has 0 bridgehead atoms. The van der Waals surface area contributed by atoms with E-state index in [9.17, 15) is 0 Å². The van der Waals surface area contributed by atoms with Crippen molar-refractivity contribution in [1.29, 1.82) is 5.26 Å². The fraction of sp³-hybridized carbons (Fsp3) is 0.857. The maximum Gasteiger partial charge on any atom is 0 e. The minimum atomic E-state index is 0. The van der Waals surface area contributed by atoms with Crippen LogP contribution in [0.25, 0.3) is 0 Å². The Hall–Kier alpha value is 0.00948. The van der Waals surface area contributed by atoms with Gasteiger partial charge < -0.3 is 11.8 Å². The van der Waals surface area contributed by atoms with Crippen LogP contribution < -0.4 is 0 Å². The van der Waals surface area contributed by atoms with Gasteiger partial charge in [0.1, 0.15) is 0 Å². The zero-order valence-corrected chi connectivity index (χ0v) is 7.23. The van der Waals surface area contributed by atoms with Gasteiger partial charge in [0.15, 0.2) is 0 Å². The Morgan fingerprint density at radius 2 is 1.22 bits per heavy atom. The molecule has 0 amide bonds. The van der Waals surface area contributed by atoms with Crippen LogP contribution in [0.3, 0.4) is 0 Å². The molecule has 56 valence electrons. The first kappa shape index (κ1) is 16.0. The van der Waals surface area contributed by atoms with E-state index in [1.54, 1.807) is 0 Å². The minimum Gasteiger partial charge on any atom is -0.512 e. The van der Waals surface area contributed by atoms with E-state index >= 15 is 0 Å². The zero-order chi connectivity index (χ0) is 6.83. The van der Waals surface area contributed by atoms with Crippen LogP contribution >= 0.6 is 0 Å². The minimum absolute atomic E-state index is 0. The van der Waals surface area contributed by atoms with E-state index in [4.69, 9.17) is 11.8 Å². The molecule has 0 radical (unpaired) electrons. The molecule has 0 aromatic rings. The molecular formula is C7H14FeN-. The molecule has 2 heteroatoms. The van der Waals surface area contributed by atoms with Gasteiger partial charge in [-0.15, -0.1) is 0 Å². The largest absolute Gasteiger partial charge is 0.512 e. The van der Waals surface area contributed by atoms with Gasteiger partial charge in [-0.05, 0) is 0 Å². The molecule has 1 nitrogen and oxygen atoms in total. The molecule has 0 atom stereocenters. The average molecular weight is 168 g/mol. The summed E-state index contributed by atoms with van der Waals surface area (Å²) in [7, 11) is 0. The van der Waals surface area contributed by atoms with E-state index in [-0.39, 0.29) is 17.1 Å². The van der Waals surface area contributed by atoms with Crippen molar-refractivity contribution in [2.24, 2.45) is 0 Å². The average Bonchev–Trinajstić information content (AvgIpc) is 1.88. The molecule has 0 saturated heterocycles. The van der Waals surface area contributed by atoms with Crippen molar-refractivity contribution >= 4 is 0 Å². The van der Waals surface area contributed by atoms with E-state index in [1.165, 1.54) is 25.7 Å². The Balaban J connectivity index is -0.000000109. The molecule has 0 fully saturated rings. The van der Waals surface area contributed by atoms with Crippen LogP contribution in [0, 0.1) is 11.8 Å². The van der Waals surface area contributed by atoms with Gasteiger partial charge in [-0.25, -0.2) is 0 Å². The first-order valence-electron chi connectivity index (χ1n) is 3.14. The van der Waals surface area contributed by atoms with Crippen molar-refractivity contribution in [1.82, 2.24) is 0 Å². The quantitative estimate of drug-likeness (QED) is 0.361. The molecule has 9 heavy (non-hydrogen) atoms.